The average molecular weight is 421 g/mol. The molecule has 0 heterocycles. The summed E-state index contributed by atoms with van der Waals surface area (Å²) in [5.74, 6) is 0. The number of halogens is 3. The van der Waals surface area contributed by atoms with Gasteiger partial charge in [-0.3, -0.25) is 4.31 Å². The number of aldehydes is 1. The molecule has 0 N–H and O–H groups in total. The molecule has 0 amide bonds. The highest BCUT2D eigenvalue weighted by Gasteiger charge is 2.31. The lowest BCUT2D eigenvalue weighted by molar-refractivity contribution is -0.108. The van der Waals surface area contributed by atoms with Gasteiger partial charge in [0.05, 0.1) is 15.6 Å². The Morgan fingerprint density at radius 2 is 1.64 bits per heavy atom. The molecule has 0 aliphatic rings. The molecule has 25 heavy (non-hydrogen) atoms. The molecule has 0 aliphatic carbocycles. The van der Waals surface area contributed by atoms with Gasteiger partial charge in [-0.2, -0.15) is 0 Å². The zero-order valence-electron chi connectivity index (χ0n) is 13.3. The number of nitrogens with zero attached hydrogens (tertiary/aromatic N) is 1. The lowest BCUT2D eigenvalue weighted by atomic mass is 10.2. The van der Waals surface area contributed by atoms with Gasteiger partial charge in [0.15, 0.2) is 0 Å². The van der Waals surface area contributed by atoms with Crippen molar-refractivity contribution in [2.45, 2.75) is 30.7 Å². The predicted molar refractivity (Wildman–Crippen MR) is 102 cm³/mol. The van der Waals surface area contributed by atoms with Crippen LogP contribution in [-0.4, -0.2) is 20.7 Å². The normalized spacial score (nSPS) is 12.6. The van der Waals surface area contributed by atoms with E-state index < -0.39 is 16.1 Å². The lowest BCUT2D eigenvalue weighted by Crippen LogP contribution is -2.39. The predicted octanol–water partition coefficient (Wildman–Crippen LogP) is 5.21. The third-order valence-electron chi connectivity index (χ3n) is 3.62. The maximum Gasteiger partial charge on any atom is 0.264 e. The average Bonchev–Trinajstić information content (AvgIpc) is 2.56. The standard InChI is InChI=1S/C17H16Cl3NO3S/c1-12(3-2-10-22)21(17-11-14(19)6-9-16(17)20)25(23,24)15-7-4-13(18)5-8-15/h4-12H,2-3H2,1H3. The van der Waals surface area contributed by atoms with Crippen LogP contribution in [0.1, 0.15) is 19.8 Å². The summed E-state index contributed by atoms with van der Waals surface area (Å²) in [5, 5.41) is 1.04. The van der Waals surface area contributed by atoms with Gasteiger partial charge in [-0.15, -0.1) is 0 Å². The van der Waals surface area contributed by atoms with Crippen molar-refractivity contribution >= 4 is 56.8 Å². The molecule has 0 radical (unpaired) electrons. The first kappa shape index (κ1) is 20.0. The van der Waals surface area contributed by atoms with Crippen LogP contribution in [0.25, 0.3) is 0 Å². The number of hydrogen-bond acceptors (Lipinski definition) is 3. The molecule has 2 rings (SSSR count). The summed E-state index contributed by atoms with van der Waals surface area (Å²) >= 11 is 18.1. The van der Waals surface area contributed by atoms with Crippen molar-refractivity contribution in [3.63, 3.8) is 0 Å². The topological polar surface area (TPSA) is 54.5 Å². The van der Waals surface area contributed by atoms with Crippen LogP contribution in [0.15, 0.2) is 47.4 Å². The van der Waals surface area contributed by atoms with Crippen molar-refractivity contribution in [2.75, 3.05) is 4.31 Å². The molecule has 0 bridgehead atoms. The van der Waals surface area contributed by atoms with E-state index in [1.165, 1.54) is 40.7 Å². The largest absolute Gasteiger partial charge is 0.303 e. The molecule has 4 nitrogen and oxygen atoms in total. The van der Waals surface area contributed by atoms with Crippen molar-refractivity contribution < 1.29 is 13.2 Å². The Bertz CT molecular complexity index is 854. The molecule has 0 aliphatic heterocycles. The molecule has 1 atom stereocenters. The molecule has 1 unspecified atom stereocenters. The molecular weight excluding hydrogens is 405 g/mol. The Labute approximate surface area is 162 Å². The van der Waals surface area contributed by atoms with Gasteiger partial charge in [0, 0.05) is 22.5 Å². The second-order valence-corrected chi connectivity index (χ2v) is 8.54. The molecule has 2 aromatic carbocycles. The fraction of sp³-hybridized carbons (Fsp3) is 0.235. The van der Waals surface area contributed by atoms with Crippen molar-refractivity contribution in [3.8, 4) is 0 Å². The smallest absolute Gasteiger partial charge is 0.264 e. The minimum Gasteiger partial charge on any atom is -0.303 e. The first-order chi connectivity index (χ1) is 11.8. The van der Waals surface area contributed by atoms with Gasteiger partial charge in [0.25, 0.3) is 10.0 Å². The van der Waals surface area contributed by atoms with E-state index in [-0.39, 0.29) is 22.0 Å². The van der Waals surface area contributed by atoms with Gasteiger partial charge in [0.1, 0.15) is 6.29 Å². The summed E-state index contributed by atoms with van der Waals surface area (Å²) < 4.78 is 27.6. The Hall–Kier alpha value is -1.27. The van der Waals surface area contributed by atoms with E-state index in [4.69, 9.17) is 34.8 Å². The summed E-state index contributed by atoms with van der Waals surface area (Å²) in [6.07, 6.45) is 1.33. The number of sulfonamides is 1. The molecule has 134 valence electrons. The monoisotopic (exact) mass is 419 g/mol. The maximum absolute atomic E-state index is 13.2. The SMILES string of the molecule is CC(CCC=O)N(c1cc(Cl)ccc1Cl)S(=O)(=O)c1ccc(Cl)cc1. The molecule has 0 aromatic heterocycles. The summed E-state index contributed by atoms with van der Waals surface area (Å²) in [6, 6.07) is 9.97. The van der Waals surface area contributed by atoms with E-state index in [9.17, 15) is 13.2 Å². The Balaban J connectivity index is 2.59. The van der Waals surface area contributed by atoms with Gasteiger partial charge in [-0.25, -0.2) is 8.42 Å². The highest BCUT2D eigenvalue weighted by Crippen LogP contribution is 2.35. The van der Waals surface area contributed by atoms with Crippen molar-refractivity contribution in [2.24, 2.45) is 0 Å². The number of rotatable bonds is 7. The summed E-state index contributed by atoms with van der Waals surface area (Å²) in [5.41, 5.74) is 0.266. The number of benzene rings is 2. The zero-order chi connectivity index (χ0) is 18.6. The van der Waals surface area contributed by atoms with Crippen molar-refractivity contribution in [3.05, 3.63) is 57.5 Å². The molecule has 0 saturated heterocycles. The van der Waals surface area contributed by atoms with Gasteiger partial charge in [0.2, 0.25) is 0 Å². The Morgan fingerprint density at radius 1 is 1.04 bits per heavy atom. The second kappa shape index (κ2) is 8.41. The molecule has 0 spiro atoms. The maximum atomic E-state index is 13.2. The fourth-order valence-corrected chi connectivity index (χ4v) is 4.65. The number of hydrogen-bond donors (Lipinski definition) is 0. The minimum atomic E-state index is -3.92. The fourth-order valence-electron chi connectivity index (χ4n) is 2.41. The number of carbonyl (C=O) groups is 1. The van der Waals surface area contributed by atoms with Gasteiger partial charge < -0.3 is 4.79 Å². The summed E-state index contributed by atoms with van der Waals surface area (Å²) in [7, 11) is -3.92. The highest BCUT2D eigenvalue weighted by molar-refractivity contribution is 7.92. The van der Waals surface area contributed by atoms with E-state index in [1.54, 1.807) is 13.0 Å². The van der Waals surface area contributed by atoms with Gasteiger partial charge in [-0.05, 0) is 55.8 Å². The van der Waals surface area contributed by atoms with Gasteiger partial charge >= 0.3 is 0 Å². The van der Waals surface area contributed by atoms with Crippen LogP contribution in [0.2, 0.25) is 15.1 Å². The van der Waals surface area contributed by atoms with E-state index in [0.29, 0.717) is 16.5 Å². The first-order valence-electron chi connectivity index (χ1n) is 7.46. The number of anilines is 1. The first-order valence-corrected chi connectivity index (χ1v) is 10.0. The van der Waals surface area contributed by atoms with Crippen molar-refractivity contribution in [1.29, 1.82) is 0 Å². The summed E-state index contributed by atoms with van der Waals surface area (Å²) in [4.78, 5) is 10.8. The van der Waals surface area contributed by atoms with E-state index >= 15 is 0 Å². The quantitative estimate of drug-likeness (QED) is 0.578. The second-order valence-electron chi connectivity index (χ2n) is 5.44. The van der Waals surface area contributed by atoms with E-state index in [1.807, 2.05) is 0 Å². The van der Waals surface area contributed by atoms with Crippen LogP contribution < -0.4 is 4.31 Å². The van der Waals surface area contributed by atoms with Crippen LogP contribution in [0.5, 0.6) is 0 Å². The lowest BCUT2D eigenvalue weighted by Gasteiger charge is -2.31. The van der Waals surface area contributed by atoms with Crippen LogP contribution in [0.3, 0.4) is 0 Å². The Kier molecular flexibility index (Phi) is 6.74. The third-order valence-corrected chi connectivity index (χ3v) is 6.37. The zero-order valence-corrected chi connectivity index (χ0v) is 16.4. The molecule has 0 fully saturated rings. The Morgan fingerprint density at radius 3 is 2.24 bits per heavy atom. The van der Waals surface area contributed by atoms with Crippen LogP contribution >= 0.6 is 34.8 Å². The number of carbonyl (C=O) groups excluding carboxylic acids is 1. The highest BCUT2D eigenvalue weighted by atomic mass is 35.5. The van der Waals surface area contributed by atoms with Crippen LogP contribution in [0.4, 0.5) is 5.69 Å². The minimum absolute atomic E-state index is 0.0749. The molecule has 0 saturated carbocycles. The van der Waals surface area contributed by atoms with Crippen LogP contribution in [0, 0.1) is 0 Å². The third kappa shape index (κ3) is 4.67. The van der Waals surface area contributed by atoms with Gasteiger partial charge in [-0.1, -0.05) is 34.8 Å². The van der Waals surface area contributed by atoms with E-state index in [0.717, 1.165) is 6.29 Å². The molecule has 8 heteroatoms. The molecule has 2 aromatic rings. The van der Waals surface area contributed by atoms with E-state index in [2.05, 4.69) is 0 Å². The van der Waals surface area contributed by atoms with Crippen LogP contribution in [-0.2, 0) is 14.8 Å². The van der Waals surface area contributed by atoms with Crippen molar-refractivity contribution in [1.82, 2.24) is 0 Å². The summed E-state index contributed by atoms with van der Waals surface area (Å²) in [6.45, 7) is 1.72. The molecular formula is C17H16Cl3NO3S.